The van der Waals surface area contributed by atoms with Crippen molar-refractivity contribution in [3.05, 3.63) is 0 Å². The van der Waals surface area contributed by atoms with Crippen molar-refractivity contribution >= 4 is 22.6 Å². The fourth-order valence-electron chi connectivity index (χ4n) is 2.65. The third-order valence-corrected chi connectivity index (χ3v) is 5.63. The van der Waals surface area contributed by atoms with E-state index in [2.05, 4.69) is 34.5 Å². The summed E-state index contributed by atoms with van der Waals surface area (Å²) in [6.07, 6.45) is 7.26. The van der Waals surface area contributed by atoms with Crippen LogP contribution in [0.2, 0.25) is 0 Å². The van der Waals surface area contributed by atoms with E-state index < -0.39 is 0 Å². The number of piperidine rings is 1. The van der Waals surface area contributed by atoms with Crippen LogP contribution in [0.15, 0.2) is 0 Å². The van der Waals surface area contributed by atoms with Crippen LogP contribution in [0.3, 0.4) is 0 Å². The maximum absolute atomic E-state index is 2.69. The first-order valence-corrected chi connectivity index (χ1v) is 5.71. The molecular weight excluding hydrogens is 249 g/mol. The molecule has 0 N–H and O–H groups in total. The third-order valence-electron chi connectivity index (χ3n) is 3.39. The Morgan fingerprint density at radius 1 is 1.36 bits per heavy atom. The highest BCUT2D eigenvalue weighted by atomic mass is 127. The van der Waals surface area contributed by atoms with Crippen molar-refractivity contribution in [3.63, 3.8) is 0 Å². The van der Waals surface area contributed by atoms with E-state index in [4.69, 9.17) is 0 Å². The summed E-state index contributed by atoms with van der Waals surface area (Å²) in [5.41, 5.74) is 0. The molecule has 1 aliphatic carbocycles. The van der Waals surface area contributed by atoms with Crippen LogP contribution in [0.4, 0.5) is 0 Å². The molecule has 2 fully saturated rings. The second-order valence-electron chi connectivity index (χ2n) is 3.97. The number of rotatable bonds is 0. The summed E-state index contributed by atoms with van der Waals surface area (Å²) in [5, 5.41) is 0. The van der Waals surface area contributed by atoms with Gasteiger partial charge in [-0.15, -0.1) is 0 Å². The Labute approximate surface area is 82.7 Å². The Bertz CT molecular complexity index is 160. The maximum Gasteiger partial charge on any atom is 0.0756 e. The zero-order valence-electron chi connectivity index (χ0n) is 7.15. The van der Waals surface area contributed by atoms with E-state index in [1.807, 2.05) is 0 Å². The van der Waals surface area contributed by atoms with E-state index in [0.29, 0.717) is 3.55 Å². The van der Waals surface area contributed by atoms with Crippen molar-refractivity contribution in [1.29, 1.82) is 0 Å². The van der Waals surface area contributed by atoms with Crippen LogP contribution in [0, 0.1) is 5.92 Å². The second kappa shape index (κ2) is 2.87. The molecule has 1 saturated heterocycles. The molecule has 2 aliphatic rings. The monoisotopic (exact) mass is 265 g/mol. The quantitative estimate of drug-likeness (QED) is 0.370. The second-order valence-corrected chi connectivity index (χ2v) is 5.84. The van der Waals surface area contributed by atoms with Crippen molar-refractivity contribution in [1.82, 2.24) is 4.90 Å². The van der Waals surface area contributed by atoms with E-state index in [9.17, 15) is 0 Å². The van der Waals surface area contributed by atoms with Gasteiger partial charge in [-0.25, -0.2) is 0 Å². The smallest absolute Gasteiger partial charge is 0.0756 e. The Hall–Kier alpha value is 0.690. The minimum Gasteiger partial charge on any atom is -0.292 e. The van der Waals surface area contributed by atoms with Gasteiger partial charge in [-0.2, -0.15) is 0 Å². The molecule has 0 spiro atoms. The summed E-state index contributed by atoms with van der Waals surface area (Å²) < 4.78 is 0.552. The van der Waals surface area contributed by atoms with Crippen molar-refractivity contribution in [2.75, 3.05) is 13.6 Å². The molecule has 1 aliphatic heterocycles. The number of halogens is 1. The highest BCUT2D eigenvalue weighted by molar-refractivity contribution is 14.1. The molecule has 64 valence electrons. The van der Waals surface area contributed by atoms with Gasteiger partial charge in [0.05, 0.1) is 3.55 Å². The Balaban J connectivity index is 2.17. The van der Waals surface area contributed by atoms with E-state index in [-0.39, 0.29) is 0 Å². The number of alkyl halides is 1. The lowest BCUT2D eigenvalue weighted by molar-refractivity contribution is 0.130. The molecule has 2 rings (SSSR count). The van der Waals surface area contributed by atoms with Gasteiger partial charge in [0.15, 0.2) is 0 Å². The summed E-state index contributed by atoms with van der Waals surface area (Å²) in [6.45, 7) is 1.32. The Kier molecular flexibility index (Phi) is 2.17. The van der Waals surface area contributed by atoms with Crippen LogP contribution in [0.25, 0.3) is 0 Å². The van der Waals surface area contributed by atoms with Gasteiger partial charge < -0.3 is 0 Å². The first-order chi connectivity index (χ1) is 5.23. The number of fused-ring (bicyclic) bond motifs is 1. The van der Waals surface area contributed by atoms with Gasteiger partial charge in [0.25, 0.3) is 0 Å². The van der Waals surface area contributed by atoms with Crippen LogP contribution in [-0.2, 0) is 0 Å². The summed E-state index contributed by atoms with van der Waals surface area (Å²) in [4.78, 5) is 2.58. The van der Waals surface area contributed by atoms with Gasteiger partial charge in [0.2, 0.25) is 0 Å². The molecule has 1 nitrogen and oxygen atoms in total. The minimum atomic E-state index is 0.552. The molecule has 1 heterocycles. The van der Waals surface area contributed by atoms with Crippen molar-refractivity contribution in [2.45, 2.75) is 35.6 Å². The largest absolute Gasteiger partial charge is 0.292 e. The molecule has 2 heteroatoms. The molecular formula is C9H16IN. The van der Waals surface area contributed by atoms with Gasteiger partial charge >= 0.3 is 0 Å². The zero-order valence-corrected chi connectivity index (χ0v) is 9.30. The first kappa shape index (κ1) is 8.30. The van der Waals surface area contributed by atoms with E-state index in [1.54, 1.807) is 0 Å². The summed E-state index contributed by atoms with van der Waals surface area (Å²) in [6, 6.07) is 0. The topological polar surface area (TPSA) is 3.24 Å². The average molecular weight is 265 g/mol. The number of hydrogen-bond acceptors (Lipinski definition) is 1. The average Bonchev–Trinajstić information content (AvgIpc) is 2.34. The molecule has 0 bridgehead atoms. The lowest BCUT2D eigenvalue weighted by Crippen LogP contribution is -2.47. The Morgan fingerprint density at radius 2 is 2.09 bits per heavy atom. The molecule has 0 aromatic carbocycles. The lowest BCUT2D eigenvalue weighted by atomic mass is 9.92. The van der Waals surface area contributed by atoms with E-state index >= 15 is 0 Å². The molecule has 0 aromatic rings. The lowest BCUT2D eigenvalue weighted by Gasteiger charge is -2.43. The van der Waals surface area contributed by atoms with Gasteiger partial charge in [-0.3, -0.25) is 4.90 Å². The van der Waals surface area contributed by atoms with Crippen LogP contribution >= 0.6 is 22.6 Å². The van der Waals surface area contributed by atoms with Crippen LogP contribution in [0.5, 0.6) is 0 Å². The third kappa shape index (κ3) is 1.22. The van der Waals surface area contributed by atoms with Crippen LogP contribution in [0.1, 0.15) is 32.1 Å². The van der Waals surface area contributed by atoms with Crippen molar-refractivity contribution in [3.8, 4) is 0 Å². The van der Waals surface area contributed by atoms with Crippen molar-refractivity contribution in [2.24, 2.45) is 5.92 Å². The molecule has 2 atom stereocenters. The predicted octanol–water partition coefficient (Wildman–Crippen LogP) is 2.64. The fraction of sp³-hybridized carbons (Fsp3) is 1.00. The van der Waals surface area contributed by atoms with Crippen molar-refractivity contribution < 1.29 is 0 Å². The first-order valence-electron chi connectivity index (χ1n) is 4.63. The highest BCUT2D eigenvalue weighted by Gasteiger charge is 2.45. The molecule has 11 heavy (non-hydrogen) atoms. The molecule has 0 aromatic heterocycles. The molecule has 0 radical (unpaired) electrons. The number of likely N-dealkylation sites (tertiary alicyclic amines) is 1. The summed E-state index contributed by atoms with van der Waals surface area (Å²) >= 11 is 2.69. The highest BCUT2D eigenvalue weighted by Crippen LogP contribution is 2.49. The predicted molar refractivity (Wildman–Crippen MR) is 56.0 cm³/mol. The molecule has 0 amide bonds. The molecule has 1 saturated carbocycles. The molecule has 2 unspecified atom stereocenters. The van der Waals surface area contributed by atoms with Crippen LogP contribution in [-0.4, -0.2) is 22.0 Å². The SMILES string of the molecule is CN1CCCC2CCCC21I. The van der Waals surface area contributed by atoms with E-state index in [0.717, 1.165) is 5.92 Å². The summed E-state index contributed by atoms with van der Waals surface area (Å²) in [7, 11) is 2.30. The summed E-state index contributed by atoms with van der Waals surface area (Å²) in [5.74, 6) is 1.00. The van der Waals surface area contributed by atoms with Gasteiger partial charge in [-0.1, -0.05) is 29.0 Å². The van der Waals surface area contributed by atoms with Crippen LogP contribution < -0.4 is 0 Å². The van der Waals surface area contributed by atoms with Gasteiger partial charge in [0, 0.05) is 0 Å². The number of nitrogens with zero attached hydrogens (tertiary/aromatic N) is 1. The van der Waals surface area contributed by atoms with Gasteiger partial charge in [0.1, 0.15) is 0 Å². The van der Waals surface area contributed by atoms with E-state index in [1.165, 1.54) is 38.6 Å². The maximum atomic E-state index is 2.69. The Morgan fingerprint density at radius 3 is 2.82 bits per heavy atom. The zero-order chi connectivity index (χ0) is 7.90. The normalized spacial score (nSPS) is 45.8. The standard InChI is InChI=1S/C9H16IN/c1-11-7-3-5-8-4-2-6-9(8,11)10/h8H,2-7H2,1H3. The fourth-order valence-corrected chi connectivity index (χ4v) is 3.90. The van der Waals surface area contributed by atoms with Gasteiger partial charge in [-0.05, 0) is 45.2 Å². The minimum absolute atomic E-state index is 0.552. The number of hydrogen-bond donors (Lipinski definition) is 0.